The van der Waals surface area contributed by atoms with Gasteiger partial charge in [-0.05, 0) is 56.2 Å². The topological polar surface area (TPSA) is 93.4 Å². The van der Waals surface area contributed by atoms with E-state index in [9.17, 15) is 13.2 Å². The van der Waals surface area contributed by atoms with Gasteiger partial charge in [-0.15, -0.1) is 0 Å². The summed E-state index contributed by atoms with van der Waals surface area (Å²) in [6.45, 7) is 2.43. The monoisotopic (exact) mass is 459 g/mol. The Bertz CT molecular complexity index is 1170. The van der Waals surface area contributed by atoms with E-state index in [1.165, 1.54) is 0 Å². The van der Waals surface area contributed by atoms with Crippen molar-refractivity contribution in [3.05, 3.63) is 65.0 Å². The third-order valence-electron chi connectivity index (χ3n) is 5.37. The SMILES string of the molecule is Cc1ccc(S(=O)(=O)CCC(=O)N2CCC[C@@H]2c2nc(-c3ccc(Cl)cc3)no2)cc1. The molecule has 1 atom stereocenters. The number of sulfone groups is 1. The summed E-state index contributed by atoms with van der Waals surface area (Å²) in [5.41, 5.74) is 1.74. The quantitative estimate of drug-likeness (QED) is 0.547. The molecule has 2 aromatic carbocycles. The number of hydrogen-bond donors (Lipinski definition) is 0. The Morgan fingerprint density at radius 1 is 1.16 bits per heavy atom. The number of carbonyl (C=O) groups excluding carboxylic acids is 1. The summed E-state index contributed by atoms with van der Waals surface area (Å²) >= 11 is 5.92. The van der Waals surface area contributed by atoms with Crippen molar-refractivity contribution in [2.45, 2.75) is 37.1 Å². The number of carbonyl (C=O) groups is 1. The Morgan fingerprint density at radius 3 is 2.58 bits per heavy atom. The van der Waals surface area contributed by atoms with Gasteiger partial charge >= 0.3 is 0 Å². The van der Waals surface area contributed by atoms with Gasteiger partial charge < -0.3 is 9.42 Å². The van der Waals surface area contributed by atoms with Crippen molar-refractivity contribution in [3.8, 4) is 11.4 Å². The lowest BCUT2D eigenvalue weighted by atomic mass is 10.2. The molecule has 31 heavy (non-hydrogen) atoms. The first-order valence-corrected chi connectivity index (χ1v) is 12.0. The fourth-order valence-electron chi connectivity index (χ4n) is 3.64. The van der Waals surface area contributed by atoms with Gasteiger partial charge in [0.05, 0.1) is 10.6 Å². The van der Waals surface area contributed by atoms with Gasteiger partial charge in [-0.25, -0.2) is 8.42 Å². The van der Waals surface area contributed by atoms with E-state index < -0.39 is 9.84 Å². The molecule has 1 aromatic heterocycles. The van der Waals surface area contributed by atoms with Crippen molar-refractivity contribution in [2.75, 3.05) is 12.3 Å². The Hall–Kier alpha value is -2.71. The molecule has 0 saturated carbocycles. The highest BCUT2D eigenvalue weighted by atomic mass is 35.5. The summed E-state index contributed by atoms with van der Waals surface area (Å²) in [6.07, 6.45) is 1.39. The van der Waals surface area contributed by atoms with Crippen molar-refractivity contribution in [2.24, 2.45) is 0 Å². The molecule has 1 aliphatic rings. The first-order chi connectivity index (χ1) is 14.8. The highest BCUT2D eigenvalue weighted by Crippen LogP contribution is 2.33. The summed E-state index contributed by atoms with van der Waals surface area (Å²) in [6, 6.07) is 13.4. The molecule has 7 nitrogen and oxygen atoms in total. The molecule has 0 bridgehead atoms. The van der Waals surface area contributed by atoms with E-state index in [1.54, 1.807) is 53.4 Å². The van der Waals surface area contributed by atoms with Crippen LogP contribution in [0.4, 0.5) is 0 Å². The summed E-state index contributed by atoms with van der Waals surface area (Å²) in [4.78, 5) is 19.2. The highest BCUT2D eigenvalue weighted by molar-refractivity contribution is 7.91. The van der Waals surface area contributed by atoms with Gasteiger partial charge in [0.15, 0.2) is 9.84 Å². The van der Waals surface area contributed by atoms with E-state index in [-0.39, 0.29) is 29.0 Å². The third kappa shape index (κ3) is 4.80. The van der Waals surface area contributed by atoms with E-state index in [4.69, 9.17) is 16.1 Å². The minimum absolute atomic E-state index is 0.0924. The Morgan fingerprint density at radius 2 is 1.87 bits per heavy atom. The lowest BCUT2D eigenvalue weighted by Gasteiger charge is -2.21. The van der Waals surface area contributed by atoms with Crippen molar-refractivity contribution < 1.29 is 17.7 Å². The molecule has 0 N–H and O–H groups in total. The molecule has 9 heteroatoms. The van der Waals surface area contributed by atoms with Gasteiger partial charge in [-0.3, -0.25) is 4.79 Å². The zero-order valence-electron chi connectivity index (χ0n) is 17.0. The van der Waals surface area contributed by atoms with Crippen molar-refractivity contribution in [3.63, 3.8) is 0 Å². The highest BCUT2D eigenvalue weighted by Gasteiger charge is 2.34. The van der Waals surface area contributed by atoms with Crippen LogP contribution >= 0.6 is 11.6 Å². The Labute approximate surface area is 185 Å². The molecule has 0 aliphatic carbocycles. The molecule has 4 rings (SSSR count). The maximum absolute atomic E-state index is 12.8. The molecule has 0 spiro atoms. The van der Waals surface area contributed by atoms with E-state index in [0.717, 1.165) is 17.5 Å². The number of amides is 1. The summed E-state index contributed by atoms with van der Waals surface area (Å²) < 4.78 is 30.6. The van der Waals surface area contributed by atoms with Crippen LogP contribution in [0.25, 0.3) is 11.4 Å². The van der Waals surface area contributed by atoms with E-state index in [0.29, 0.717) is 29.7 Å². The molecule has 3 aromatic rings. The predicted octanol–water partition coefficient (Wildman–Crippen LogP) is 4.23. The van der Waals surface area contributed by atoms with Crippen LogP contribution in [0.15, 0.2) is 57.9 Å². The average Bonchev–Trinajstić information content (AvgIpc) is 3.42. The van der Waals surface area contributed by atoms with Crippen LogP contribution in [0.3, 0.4) is 0 Å². The van der Waals surface area contributed by atoms with E-state index >= 15 is 0 Å². The normalized spacial score (nSPS) is 16.6. The van der Waals surface area contributed by atoms with E-state index in [1.807, 2.05) is 6.92 Å². The van der Waals surface area contributed by atoms with Gasteiger partial charge in [-0.1, -0.05) is 34.5 Å². The smallest absolute Gasteiger partial charge is 0.249 e. The molecular weight excluding hydrogens is 438 g/mol. The van der Waals surface area contributed by atoms with Crippen molar-refractivity contribution in [1.82, 2.24) is 15.0 Å². The van der Waals surface area contributed by atoms with Gasteiger partial charge in [0.2, 0.25) is 17.6 Å². The summed E-state index contributed by atoms with van der Waals surface area (Å²) in [7, 11) is -3.53. The molecule has 1 fully saturated rings. The summed E-state index contributed by atoms with van der Waals surface area (Å²) in [5.74, 6) is 0.312. The van der Waals surface area contributed by atoms with Crippen LogP contribution < -0.4 is 0 Å². The zero-order chi connectivity index (χ0) is 22.0. The second kappa shape index (κ2) is 8.80. The van der Waals surface area contributed by atoms with Crippen LogP contribution in [0.1, 0.15) is 36.8 Å². The number of aryl methyl sites for hydroxylation is 1. The molecular formula is C22H22ClN3O4S. The maximum Gasteiger partial charge on any atom is 0.249 e. The molecule has 1 aliphatic heterocycles. The van der Waals surface area contributed by atoms with Crippen LogP contribution in [0, 0.1) is 6.92 Å². The second-order valence-electron chi connectivity index (χ2n) is 7.59. The lowest BCUT2D eigenvalue weighted by molar-refractivity contribution is -0.132. The largest absolute Gasteiger partial charge is 0.337 e. The van der Waals surface area contributed by atoms with Crippen molar-refractivity contribution >= 4 is 27.3 Å². The summed E-state index contributed by atoms with van der Waals surface area (Å²) in [5, 5.41) is 4.64. The second-order valence-corrected chi connectivity index (χ2v) is 10.1. The Kier molecular flexibility index (Phi) is 6.11. The number of aromatic nitrogens is 2. The van der Waals surface area contributed by atoms with E-state index in [2.05, 4.69) is 10.1 Å². The number of rotatable bonds is 6. The van der Waals surface area contributed by atoms with Crippen LogP contribution in [-0.4, -0.2) is 41.7 Å². The van der Waals surface area contributed by atoms with Crippen molar-refractivity contribution in [1.29, 1.82) is 0 Å². The maximum atomic E-state index is 12.8. The molecule has 1 saturated heterocycles. The Balaban J connectivity index is 1.44. The van der Waals surface area contributed by atoms with Gasteiger partial charge in [-0.2, -0.15) is 4.98 Å². The average molecular weight is 460 g/mol. The first-order valence-electron chi connectivity index (χ1n) is 10.0. The molecule has 162 valence electrons. The number of likely N-dealkylation sites (tertiary alicyclic amines) is 1. The van der Waals surface area contributed by atoms with Gasteiger partial charge in [0.25, 0.3) is 0 Å². The first kappa shape index (κ1) is 21.5. The number of halogens is 1. The zero-order valence-corrected chi connectivity index (χ0v) is 18.6. The number of hydrogen-bond acceptors (Lipinski definition) is 6. The molecule has 2 heterocycles. The minimum Gasteiger partial charge on any atom is -0.337 e. The van der Waals surface area contributed by atoms with Crippen LogP contribution in [-0.2, 0) is 14.6 Å². The number of nitrogens with zero attached hydrogens (tertiary/aromatic N) is 3. The third-order valence-corrected chi connectivity index (χ3v) is 7.35. The van der Waals surface area contributed by atoms with Gasteiger partial charge in [0, 0.05) is 23.6 Å². The standard InChI is InChI=1S/C22H22ClN3O4S/c1-15-4-10-18(11-5-15)31(28,29)14-12-20(27)26-13-2-3-19(26)22-24-21(25-30-22)16-6-8-17(23)9-7-16/h4-11,19H,2-3,12-14H2,1H3/t19-/m1/s1. The fourth-order valence-corrected chi connectivity index (χ4v) is 4.99. The number of benzene rings is 2. The fraction of sp³-hybridized carbons (Fsp3) is 0.318. The van der Waals surface area contributed by atoms with Gasteiger partial charge in [0.1, 0.15) is 6.04 Å². The predicted molar refractivity (Wildman–Crippen MR) is 116 cm³/mol. The van der Waals surface area contributed by atoms with Crippen LogP contribution in [0.2, 0.25) is 5.02 Å². The molecule has 1 amide bonds. The minimum atomic E-state index is -3.53. The molecule has 0 radical (unpaired) electrons. The molecule has 0 unspecified atom stereocenters. The lowest BCUT2D eigenvalue weighted by Crippen LogP contribution is -2.32. The van der Waals surface area contributed by atoms with Crippen LogP contribution in [0.5, 0.6) is 0 Å².